The zero-order chi connectivity index (χ0) is 20.6. The highest BCUT2D eigenvalue weighted by Gasteiger charge is 2.14. The van der Waals surface area contributed by atoms with Gasteiger partial charge in [-0.25, -0.2) is 9.37 Å². The van der Waals surface area contributed by atoms with E-state index in [9.17, 15) is 14.0 Å². The average Bonchev–Trinajstić information content (AvgIpc) is 3.15. The Morgan fingerprint density at radius 1 is 1.17 bits per heavy atom. The van der Waals surface area contributed by atoms with Gasteiger partial charge in [-0.05, 0) is 37.3 Å². The van der Waals surface area contributed by atoms with E-state index in [1.807, 2.05) is 31.2 Å². The van der Waals surface area contributed by atoms with Gasteiger partial charge in [0.2, 0.25) is 0 Å². The number of aromatic nitrogens is 1. The molecule has 0 saturated carbocycles. The van der Waals surface area contributed by atoms with Crippen LogP contribution in [0.5, 0.6) is 5.75 Å². The first-order valence-electron chi connectivity index (χ1n) is 8.93. The standard InChI is InChI=1S/C21H19FN2O4S/c1-2-27-18-9-4-3-8-17(18)21-24-16(13-29-21)11-20(26)28-12-19(25)23-15-7-5-6-14(22)10-15/h3-10,13H,2,11-12H2,1H3,(H,23,25). The highest BCUT2D eigenvalue weighted by Crippen LogP contribution is 2.32. The number of esters is 1. The molecule has 0 unspecified atom stereocenters. The molecule has 150 valence electrons. The average molecular weight is 414 g/mol. The molecule has 0 spiro atoms. The number of carbonyl (C=O) groups is 2. The molecule has 3 aromatic rings. The number of nitrogens with one attached hydrogen (secondary N) is 1. The third-order valence-electron chi connectivity index (χ3n) is 3.77. The van der Waals surface area contributed by atoms with Gasteiger partial charge < -0.3 is 14.8 Å². The molecule has 29 heavy (non-hydrogen) atoms. The predicted molar refractivity (Wildman–Crippen MR) is 108 cm³/mol. The molecule has 1 amide bonds. The van der Waals surface area contributed by atoms with Gasteiger partial charge in [0, 0.05) is 11.1 Å². The molecule has 1 aromatic heterocycles. The van der Waals surface area contributed by atoms with Crippen molar-refractivity contribution in [1.82, 2.24) is 4.98 Å². The zero-order valence-electron chi connectivity index (χ0n) is 15.7. The van der Waals surface area contributed by atoms with E-state index in [1.54, 1.807) is 11.4 Å². The fourth-order valence-corrected chi connectivity index (χ4v) is 3.39. The number of nitrogens with zero attached hydrogens (tertiary/aromatic N) is 1. The first kappa shape index (κ1) is 20.5. The van der Waals surface area contributed by atoms with Crippen molar-refractivity contribution in [2.45, 2.75) is 13.3 Å². The van der Waals surface area contributed by atoms with E-state index < -0.39 is 24.3 Å². The van der Waals surface area contributed by atoms with Crippen molar-refractivity contribution >= 4 is 28.9 Å². The summed E-state index contributed by atoms with van der Waals surface area (Å²) in [5.74, 6) is -0.861. The second-order valence-electron chi connectivity index (χ2n) is 5.97. The third kappa shape index (κ3) is 5.86. The lowest BCUT2D eigenvalue weighted by molar-refractivity contribution is -0.146. The van der Waals surface area contributed by atoms with Crippen LogP contribution < -0.4 is 10.1 Å². The second kappa shape index (κ2) is 9.79. The summed E-state index contributed by atoms with van der Waals surface area (Å²) in [6, 6.07) is 13.0. The van der Waals surface area contributed by atoms with Crippen molar-refractivity contribution in [1.29, 1.82) is 0 Å². The first-order chi connectivity index (χ1) is 14.0. The maximum Gasteiger partial charge on any atom is 0.312 e. The van der Waals surface area contributed by atoms with Crippen molar-refractivity contribution in [2.24, 2.45) is 0 Å². The summed E-state index contributed by atoms with van der Waals surface area (Å²) in [6.45, 7) is 1.99. The topological polar surface area (TPSA) is 77.5 Å². The van der Waals surface area contributed by atoms with Crippen LogP contribution in [0.3, 0.4) is 0 Å². The maximum atomic E-state index is 13.1. The summed E-state index contributed by atoms with van der Waals surface area (Å²) in [5, 5.41) is 4.97. The Labute approximate surface area is 171 Å². The van der Waals surface area contributed by atoms with Gasteiger partial charge in [-0.15, -0.1) is 11.3 Å². The van der Waals surface area contributed by atoms with Crippen LogP contribution >= 0.6 is 11.3 Å². The van der Waals surface area contributed by atoms with E-state index in [2.05, 4.69) is 10.3 Å². The van der Waals surface area contributed by atoms with Crippen LogP contribution in [0.4, 0.5) is 10.1 Å². The summed E-state index contributed by atoms with van der Waals surface area (Å²) in [7, 11) is 0. The third-order valence-corrected chi connectivity index (χ3v) is 4.69. The van der Waals surface area contributed by atoms with Crippen LogP contribution in [0.1, 0.15) is 12.6 Å². The molecule has 0 bridgehead atoms. The Morgan fingerprint density at radius 3 is 2.79 bits per heavy atom. The van der Waals surface area contributed by atoms with Crippen LogP contribution in [-0.4, -0.2) is 30.1 Å². The number of para-hydroxylation sites is 1. The summed E-state index contributed by atoms with van der Waals surface area (Å²) < 4.78 is 23.7. The van der Waals surface area contributed by atoms with Crippen LogP contribution in [-0.2, 0) is 20.7 Å². The molecule has 1 N–H and O–H groups in total. The largest absolute Gasteiger partial charge is 0.493 e. The normalized spacial score (nSPS) is 10.4. The summed E-state index contributed by atoms with van der Waals surface area (Å²) >= 11 is 1.40. The number of ether oxygens (including phenoxy) is 2. The number of amides is 1. The number of anilines is 1. The van der Waals surface area contributed by atoms with E-state index in [-0.39, 0.29) is 6.42 Å². The van der Waals surface area contributed by atoms with E-state index in [1.165, 1.54) is 29.5 Å². The monoisotopic (exact) mass is 414 g/mol. The van der Waals surface area contributed by atoms with Crippen LogP contribution in [0, 0.1) is 5.82 Å². The van der Waals surface area contributed by atoms with Crippen molar-refractivity contribution in [2.75, 3.05) is 18.5 Å². The fraction of sp³-hybridized carbons (Fsp3) is 0.190. The summed E-state index contributed by atoms with van der Waals surface area (Å²) in [5.41, 5.74) is 1.70. The number of hydrogen-bond acceptors (Lipinski definition) is 6. The first-order valence-corrected chi connectivity index (χ1v) is 9.80. The molecule has 1 heterocycles. The van der Waals surface area contributed by atoms with E-state index in [4.69, 9.17) is 9.47 Å². The van der Waals surface area contributed by atoms with Gasteiger partial charge >= 0.3 is 5.97 Å². The van der Waals surface area contributed by atoms with Gasteiger partial charge in [0.15, 0.2) is 6.61 Å². The molecule has 0 aliphatic heterocycles. The van der Waals surface area contributed by atoms with Gasteiger partial charge in [-0.3, -0.25) is 9.59 Å². The molecule has 0 aliphatic carbocycles. The lowest BCUT2D eigenvalue weighted by Gasteiger charge is -2.07. The minimum Gasteiger partial charge on any atom is -0.493 e. The minimum absolute atomic E-state index is 0.0550. The molecular weight excluding hydrogens is 395 g/mol. The van der Waals surface area contributed by atoms with Gasteiger partial charge in [-0.2, -0.15) is 0 Å². The molecule has 8 heteroatoms. The molecule has 0 saturated heterocycles. The Morgan fingerprint density at radius 2 is 2.00 bits per heavy atom. The van der Waals surface area contributed by atoms with Gasteiger partial charge in [0.05, 0.1) is 24.3 Å². The minimum atomic E-state index is -0.575. The van der Waals surface area contributed by atoms with Crippen LogP contribution in [0.25, 0.3) is 10.6 Å². The van der Waals surface area contributed by atoms with E-state index in [0.717, 1.165) is 16.3 Å². The quantitative estimate of drug-likeness (QED) is 0.562. The predicted octanol–water partition coefficient (Wildman–Crippen LogP) is 4.07. The molecule has 2 aromatic carbocycles. The Balaban J connectivity index is 1.53. The number of benzene rings is 2. The molecular formula is C21H19FN2O4S. The number of carbonyl (C=O) groups excluding carboxylic acids is 2. The zero-order valence-corrected chi connectivity index (χ0v) is 16.5. The molecule has 0 fully saturated rings. The molecule has 3 rings (SSSR count). The van der Waals surface area contributed by atoms with Gasteiger partial charge in [0.1, 0.15) is 16.6 Å². The van der Waals surface area contributed by atoms with Crippen molar-refractivity contribution in [3.63, 3.8) is 0 Å². The highest BCUT2D eigenvalue weighted by atomic mass is 32.1. The lowest BCUT2D eigenvalue weighted by Crippen LogP contribution is -2.21. The maximum absolute atomic E-state index is 13.1. The number of hydrogen-bond donors (Lipinski definition) is 1. The Bertz CT molecular complexity index is 1010. The molecule has 0 atom stereocenters. The molecule has 0 radical (unpaired) electrons. The smallest absolute Gasteiger partial charge is 0.312 e. The van der Waals surface area contributed by atoms with Crippen LogP contribution in [0.2, 0.25) is 0 Å². The Kier molecular flexibility index (Phi) is 6.91. The summed E-state index contributed by atoms with van der Waals surface area (Å²) in [6.07, 6.45) is -0.0550. The highest BCUT2D eigenvalue weighted by molar-refractivity contribution is 7.13. The van der Waals surface area contributed by atoms with E-state index >= 15 is 0 Å². The summed E-state index contributed by atoms with van der Waals surface area (Å²) in [4.78, 5) is 28.3. The van der Waals surface area contributed by atoms with Crippen molar-refractivity contribution in [3.8, 4) is 16.3 Å². The molecule has 0 aliphatic rings. The van der Waals surface area contributed by atoms with Crippen molar-refractivity contribution in [3.05, 3.63) is 65.4 Å². The fourth-order valence-electron chi connectivity index (χ4n) is 2.54. The SMILES string of the molecule is CCOc1ccccc1-c1nc(CC(=O)OCC(=O)Nc2cccc(F)c2)cs1. The van der Waals surface area contributed by atoms with Gasteiger partial charge in [-0.1, -0.05) is 18.2 Å². The Hall–Kier alpha value is -3.26. The molecule has 6 nitrogen and oxygen atoms in total. The van der Waals surface area contributed by atoms with Crippen molar-refractivity contribution < 1.29 is 23.5 Å². The van der Waals surface area contributed by atoms with E-state index in [0.29, 0.717) is 18.0 Å². The second-order valence-corrected chi connectivity index (χ2v) is 6.83. The van der Waals surface area contributed by atoms with Gasteiger partial charge in [0.25, 0.3) is 5.91 Å². The number of halogens is 1. The van der Waals surface area contributed by atoms with Crippen LogP contribution in [0.15, 0.2) is 53.9 Å². The number of thiazole rings is 1. The lowest BCUT2D eigenvalue weighted by atomic mass is 10.2. The number of rotatable bonds is 8.